The molecule has 0 radical (unpaired) electrons. The number of hydrogen-bond acceptors (Lipinski definition) is 4. The number of benzene rings is 2. The predicted molar refractivity (Wildman–Crippen MR) is 86.4 cm³/mol. The number of aromatic nitrogens is 1. The van der Waals surface area contributed by atoms with Crippen molar-refractivity contribution in [3.05, 3.63) is 42.5 Å². The Morgan fingerprint density at radius 2 is 2.14 bits per heavy atom. The molecule has 1 heterocycles. The van der Waals surface area contributed by atoms with Gasteiger partial charge in [-0.25, -0.2) is 4.98 Å². The normalized spacial score (nSPS) is 10.5. The summed E-state index contributed by atoms with van der Waals surface area (Å²) in [7, 11) is 1.62. The van der Waals surface area contributed by atoms with Gasteiger partial charge in [-0.15, -0.1) is 0 Å². The Morgan fingerprint density at radius 1 is 1.29 bits per heavy atom. The molecule has 0 aliphatic rings. The van der Waals surface area contributed by atoms with Crippen molar-refractivity contribution in [2.45, 2.75) is 0 Å². The number of thiocarbonyl (C=S) groups is 1. The van der Waals surface area contributed by atoms with Crippen LogP contribution < -0.4 is 15.8 Å². The van der Waals surface area contributed by atoms with Gasteiger partial charge in [0, 0.05) is 17.3 Å². The van der Waals surface area contributed by atoms with E-state index in [1.807, 2.05) is 42.5 Å². The minimum Gasteiger partial charge on any atom is -0.497 e. The van der Waals surface area contributed by atoms with Crippen LogP contribution in [0.2, 0.25) is 0 Å². The van der Waals surface area contributed by atoms with Crippen molar-refractivity contribution in [2.24, 2.45) is 5.73 Å². The maximum absolute atomic E-state index is 5.79. The van der Waals surface area contributed by atoms with Crippen LogP contribution in [0.5, 0.6) is 5.75 Å². The zero-order valence-electron chi connectivity index (χ0n) is 11.3. The van der Waals surface area contributed by atoms with Gasteiger partial charge in [0.25, 0.3) is 0 Å². The van der Waals surface area contributed by atoms with Gasteiger partial charge in [-0.3, -0.25) is 0 Å². The SMILES string of the molecule is COc1cccc(-c2nc3ccc(NC(N)=S)cc3o2)c1. The number of methoxy groups -OCH3 is 1. The van der Waals surface area contributed by atoms with Crippen molar-refractivity contribution in [1.29, 1.82) is 0 Å². The fourth-order valence-electron chi connectivity index (χ4n) is 2.02. The van der Waals surface area contributed by atoms with Crippen LogP contribution >= 0.6 is 12.2 Å². The van der Waals surface area contributed by atoms with E-state index in [0.717, 1.165) is 22.5 Å². The summed E-state index contributed by atoms with van der Waals surface area (Å²) in [6, 6.07) is 13.1. The lowest BCUT2D eigenvalue weighted by molar-refractivity contribution is 0.415. The van der Waals surface area contributed by atoms with E-state index in [0.29, 0.717) is 11.5 Å². The maximum Gasteiger partial charge on any atom is 0.227 e. The van der Waals surface area contributed by atoms with Crippen LogP contribution in [0.3, 0.4) is 0 Å². The van der Waals surface area contributed by atoms with E-state index in [-0.39, 0.29) is 5.11 Å². The second-order valence-corrected chi connectivity index (χ2v) is 4.86. The molecule has 0 aliphatic carbocycles. The van der Waals surface area contributed by atoms with E-state index in [1.54, 1.807) is 7.11 Å². The summed E-state index contributed by atoms with van der Waals surface area (Å²) in [5.74, 6) is 1.29. The summed E-state index contributed by atoms with van der Waals surface area (Å²) in [5.41, 5.74) is 8.51. The quantitative estimate of drug-likeness (QED) is 0.724. The van der Waals surface area contributed by atoms with Crippen LogP contribution in [0.25, 0.3) is 22.6 Å². The molecule has 0 fully saturated rings. The van der Waals surface area contributed by atoms with Crippen LogP contribution in [0.1, 0.15) is 0 Å². The summed E-state index contributed by atoms with van der Waals surface area (Å²) >= 11 is 4.82. The van der Waals surface area contributed by atoms with Gasteiger partial charge in [0.1, 0.15) is 11.3 Å². The molecular formula is C15H13N3O2S. The summed E-state index contributed by atoms with van der Waals surface area (Å²) in [6.07, 6.45) is 0. The Bertz CT molecular complexity index is 814. The first-order chi connectivity index (χ1) is 10.2. The second kappa shape index (κ2) is 5.41. The first-order valence-electron chi connectivity index (χ1n) is 6.27. The number of nitrogens with zero attached hydrogens (tertiary/aromatic N) is 1. The summed E-state index contributed by atoms with van der Waals surface area (Å²) in [6.45, 7) is 0. The number of hydrogen-bond donors (Lipinski definition) is 2. The van der Waals surface area contributed by atoms with Gasteiger partial charge < -0.3 is 20.2 Å². The Labute approximate surface area is 126 Å². The van der Waals surface area contributed by atoms with E-state index in [9.17, 15) is 0 Å². The Hall–Kier alpha value is -2.60. The van der Waals surface area contributed by atoms with Crippen molar-refractivity contribution in [3.8, 4) is 17.2 Å². The Morgan fingerprint density at radius 3 is 2.90 bits per heavy atom. The third-order valence-electron chi connectivity index (χ3n) is 2.97. The molecule has 3 aromatic rings. The van der Waals surface area contributed by atoms with Gasteiger partial charge in [-0.2, -0.15) is 0 Å². The van der Waals surface area contributed by atoms with E-state index >= 15 is 0 Å². The van der Waals surface area contributed by atoms with Crippen LogP contribution in [0.15, 0.2) is 46.9 Å². The molecule has 0 unspecified atom stereocenters. The monoisotopic (exact) mass is 299 g/mol. The number of anilines is 1. The van der Waals surface area contributed by atoms with E-state index < -0.39 is 0 Å². The van der Waals surface area contributed by atoms with E-state index in [2.05, 4.69) is 10.3 Å². The van der Waals surface area contributed by atoms with Crippen molar-refractivity contribution in [2.75, 3.05) is 12.4 Å². The third-order valence-corrected chi connectivity index (χ3v) is 3.07. The highest BCUT2D eigenvalue weighted by molar-refractivity contribution is 7.80. The Balaban J connectivity index is 2.02. The second-order valence-electron chi connectivity index (χ2n) is 4.42. The number of ether oxygens (including phenoxy) is 1. The minimum absolute atomic E-state index is 0.210. The van der Waals surface area contributed by atoms with Crippen LogP contribution in [0.4, 0.5) is 5.69 Å². The number of oxazole rings is 1. The molecule has 3 N–H and O–H groups in total. The fourth-order valence-corrected chi connectivity index (χ4v) is 2.14. The highest BCUT2D eigenvalue weighted by Crippen LogP contribution is 2.28. The molecule has 3 rings (SSSR count). The third kappa shape index (κ3) is 2.80. The molecular weight excluding hydrogens is 286 g/mol. The first kappa shape index (κ1) is 13.4. The average molecular weight is 299 g/mol. The predicted octanol–water partition coefficient (Wildman–Crippen LogP) is 3.16. The molecule has 0 atom stereocenters. The average Bonchev–Trinajstić information content (AvgIpc) is 2.90. The summed E-state index contributed by atoms with van der Waals surface area (Å²) in [5, 5.41) is 3.08. The van der Waals surface area contributed by atoms with E-state index in [4.69, 9.17) is 27.1 Å². The standard InChI is InChI=1S/C15H13N3O2S/c1-19-11-4-2-3-9(7-11)14-18-12-6-5-10(17-15(16)21)8-13(12)20-14/h2-8H,1H3,(H3,16,17,21). The molecule has 0 aliphatic heterocycles. The lowest BCUT2D eigenvalue weighted by Crippen LogP contribution is -2.18. The number of nitrogens with two attached hydrogens (primary N) is 1. The van der Waals surface area contributed by atoms with E-state index in [1.165, 1.54) is 0 Å². The minimum atomic E-state index is 0.210. The van der Waals surface area contributed by atoms with Crippen molar-refractivity contribution >= 4 is 34.1 Å². The highest BCUT2D eigenvalue weighted by atomic mass is 32.1. The summed E-state index contributed by atoms with van der Waals surface area (Å²) in [4.78, 5) is 4.46. The van der Waals surface area contributed by atoms with Gasteiger partial charge in [0.05, 0.1) is 7.11 Å². The lowest BCUT2D eigenvalue weighted by atomic mass is 10.2. The lowest BCUT2D eigenvalue weighted by Gasteiger charge is -2.01. The molecule has 0 bridgehead atoms. The van der Waals surface area contributed by atoms with Gasteiger partial charge >= 0.3 is 0 Å². The molecule has 0 saturated heterocycles. The van der Waals surface area contributed by atoms with Crippen molar-refractivity contribution in [3.63, 3.8) is 0 Å². The molecule has 21 heavy (non-hydrogen) atoms. The van der Waals surface area contributed by atoms with Crippen molar-refractivity contribution < 1.29 is 9.15 Å². The van der Waals surface area contributed by atoms with Crippen LogP contribution in [0, 0.1) is 0 Å². The summed E-state index contributed by atoms with van der Waals surface area (Å²) < 4.78 is 11.0. The van der Waals surface area contributed by atoms with Gasteiger partial charge in [0.2, 0.25) is 5.89 Å². The Kier molecular flexibility index (Phi) is 3.45. The number of rotatable bonds is 3. The fraction of sp³-hybridized carbons (Fsp3) is 0.0667. The molecule has 6 heteroatoms. The van der Waals surface area contributed by atoms with Gasteiger partial charge in [-0.1, -0.05) is 6.07 Å². The molecule has 1 aromatic heterocycles. The molecule has 0 spiro atoms. The largest absolute Gasteiger partial charge is 0.497 e. The zero-order valence-corrected chi connectivity index (χ0v) is 12.1. The maximum atomic E-state index is 5.79. The molecule has 0 amide bonds. The van der Waals surface area contributed by atoms with Crippen molar-refractivity contribution in [1.82, 2.24) is 4.98 Å². The van der Waals surface area contributed by atoms with Gasteiger partial charge in [0.15, 0.2) is 10.7 Å². The number of fused-ring (bicyclic) bond motifs is 1. The first-order valence-corrected chi connectivity index (χ1v) is 6.68. The molecule has 2 aromatic carbocycles. The smallest absolute Gasteiger partial charge is 0.227 e. The highest BCUT2D eigenvalue weighted by Gasteiger charge is 2.09. The van der Waals surface area contributed by atoms with Gasteiger partial charge in [-0.05, 0) is 42.5 Å². The topological polar surface area (TPSA) is 73.3 Å². The van der Waals surface area contributed by atoms with Crippen LogP contribution in [-0.4, -0.2) is 17.2 Å². The van der Waals surface area contributed by atoms with Crippen LogP contribution in [-0.2, 0) is 0 Å². The zero-order chi connectivity index (χ0) is 14.8. The molecule has 5 nitrogen and oxygen atoms in total. The molecule has 0 saturated carbocycles. The number of nitrogens with one attached hydrogen (secondary N) is 1. The molecule has 106 valence electrons.